The predicted molar refractivity (Wildman–Crippen MR) is 106 cm³/mol. The quantitative estimate of drug-likeness (QED) is 0.796. The normalized spacial score (nSPS) is 20.8. The first-order chi connectivity index (χ1) is 12.8. The lowest BCUT2D eigenvalue weighted by Gasteiger charge is -2.36. The van der Waals surface area contributed by atoms with Gasteiger partial charge in [0.25, 0.3) is 0 Å². The maximum absolute atomic E-state index is 11.9. The van der Waals surface area contributed by atoms with Crippen molar-refractivity contribution in [3.8, 4) is 0 Å². The number of anilines is 1. The van der Waals surface area contributed by atoms with Gasteiger partial charge < -0.3 is 14.7 Å². The van der Waals surface area contributed by atoms with E-state index in [9.17, 15) is 9.59 Å². The number of likely N-dealkylation sites (tertiary alicyclic amines) is 1. The van der Waals surface area contributed by atoms with Crippen LogP contribution in [0.4, 0.5) is 5.69 Å². The maximum atomic E-state index is 11.9. The lowest BCUT2D eigenvalue weighted by atomic mass is 10.1. The van der Waals surface area contributed by atoms with Gasteiger partial charge in [0.1, 0.15) is 0 Å². The molecule has 1 atom stereocenters. The molecule has 2 aliphatic heterocycles. The van der Waals surface area contributed by atoms with Crippen LogP contribution in [-0.4, -0.2) is 84.9 Å². The Bertz CT molecular complexity index is 698. The topological polar surface area (TPSA) is 60.0 Å². The molecule has 3 heterocycles. The van der Waals surface area contributed by atoms with Crippen molar-refractivity contribution >= 4 is 17.5 Å². The molecule has 2 amide bonds. The number of piperazine rings is 1. The Morgan fingerprint density at radius 3 is 2.48 bits per heavy atom. The van der Waals surface area contributed by atoms with E-state index in [0.29, 0.717) is 6.54 Å². The Labute approximate surface area is 161 Å². The van der Waals surface area contributed by atoms with Crippen LogP contribution in [-0.2, 0) is 9.59 Å². The van der Waals surface area contributed by atoms with Crippen LogP contribution < -0.4 is 4.90 Å². The van der Waals surface area contributed by atoms with E-state index >= 15 is 0 Å². The van der Waals surface area contributed by atoms with Gasteiger partial charge in [0.15, 0.2) is 0 Å². The SMILES string of the molecule is CC(=O)N1CCC[C@H]1c1cc(N2CCN(CC(=O)N(C)C)CC2)cc(C)n1. The van der Waals surface area contributed by atoms with E-state index in [1.165, 1.54) is 5.69 Å². The zero-order chi connectivity index (χ0) is 19.6. The van der Waals surface area contributed by atoms with Crippen LogP contribution in [0, 0.1) is 6.92 Å². The molecule has 1 aromatic rings. The molecule has 1 aromatic heterocycles. The lowest BCUT2D eigenvalue weighted by Crippen LogP contribution is -2.49. The minimum atomic E-state index is 0.0974. The third-order valence-electron chi connectivity index (χ3n) is 5.55. The van der Waals surface area contributed by atoms with E-state index in [1.54, 1.807) is 25.9 Å². The van der Waals surface area contributed by atoms with Gasteiger partial charge in [-0.25, -0.2) is 0 Å². The number of carbonyl (C=O) groups is 2. The van der Waals surface area contributed by atoms with Crippen molar-refractivity contribution in [3.63, 3.8) is 0 Å². The lowest BCUT2D eigenvalue weighted by molar-refractivity contribution is -0.130. The number of hydrogen-bond acceptors (Lipinski definition) is 5. The van der Waals surface area contributed by atoms with Crippen LogP contribution in [0.1, 0.15) is 37.2 Å². The molecule has 0 aliphatic carbocycles. The van der Waals surface area contributed by atoms with Crippen LogP contribution in [0.3, 0.4) is 0 Å². The molecule has 7 heteroatoms. The minimum Gasteiger partial charge on any atom is -0.369 e. The van der Waals surface area contributed by atoms with Crippen LogP contribution >= 0.6 is 0 Å². The second-order valence-electron chi connectivity index (χ2n) is 7.81. The molecule has 0 bridgehead atoms. The van der Waals surface area contributed by atoms with E-state index in [2.05, 4.69) is 21.9 Å². The maximum Gasteiger partial charge on any atom is 0.236 e. The monoisotopic (exact) mass is 373 g/mol. The number of nitrogens with zero attached hydrogens (tertiary/aromatic N) is 5. The molecule has 0 spiro atoms. The highest BCUT2D eigenvalue weighted by atomic mass is 16.2. The number of likely N-dealkylation sites (N-methyl/N-ethyl adjacent to an activating group) is 1. The van der Waals surface area contributed by atoms with E-state index in [4.69, 9.17) is 4.98 Å². The Balaban J connectivity index is 1.69. The fourth-order valence-electron chi connectivity index (χ4n) is 3.98. The summed E-state index contributed by atoms with van der Waals surface area (Å²) in [6, 6.07) is 4.37. The first-order valence-corrected chi connectivity index (χ1v) is 9.78. The van der Waals surface area contributed by atoms with Crippen molar-refractivity contribution < 1.29 is 9.59 Å². The van der Waals surface area contributed by atoms with E-state index in [1.807, 2.05) is 11.8 Å². The van der Waals surface area contributed by atoms with Gasteiger partial charge in [0.2, 0.25) is 11.8 Å². The number of rotatable bonds is 4. The minimum absolute atomic E-state index is 0.0974. The summed E-state index contributed by atoms with van der Waals surface area (Å²) in [6.07, 6.45) is 2.02. The standard InChI is InChI=1S/C20H31N5O2/c1-15-12-17(13-18(21-15)19-6-5-7-25(19)16(2)26)24-10-8-23(9-11-24)14-20(27)22(3)4/h12-13,19H,5-11,14H2,1-4H3/t19-/m0/s1. The molecular weight excluding hydrogens is 342 g/mol. The fourth-order valence-corrected chi connectivity index (χ4v) is 3.98. The van der Waals surface area contributed by atoms with Crippen molar-refractivity contribution in [2.45, 2.75) is 32.7 Å². The Hall–Kier alpha value is -2.15. The fraction of sp³-hybridized carbons (Fsp3) is 0.650. The van der Waals surface area contributed by atoms with Crippen molar-refractivity contribution in [2.75, 3.05) is 58.3 Å². The number of carbonyl (C=O) groups excluding carboxylic acids is 2. The molecule has 3 rings (SSSR count). The summed E-state index contributed by atoms with van der Waals surface area (Å²) in [5, 5.41) is 0. The second kappa shape index (κ2) is 8.25. The largest absolute Gasteiger partial charge is 0.369 e. The summed E-state index contributed by atoms with van der Waals surface area (Å²) in [7, 11) is 3.60. The zero-order valence-electron chi connectivity index (χ0n) is 16.9. The van der Waals surface area contributed by atoms with Crippen molar-refractivity contribution in [1.82, 2.24) is 19.7 Å². The van der Waals surface area contributed by atoms with E-state index < -0.39 is 0 Å². The average molecular weight is 374 g/mol. The van der Waals surface area contributed by atoms with E-state index in [0.717, 1.165) is 57.0 Å². The molecule has 2 aliphatic rings. The predicted octanol–water partition coefficient (Wildman–Crippen LogP) is 1.28. The number of aryl methyl sites for hydroxylation is 1. The molecule has 0 N–H and O–H groups in total. The van der Waals surface area contributed by atoms with Gasteiger partial charge in [-0.2, -0.15) is 0 Å². The smallest absolute Gasteiger partial charge is 0.236 e. The van der Waals surface area contributed by atoms with Gasteiger partial charge in [-0.1, -0.05) is 0 Å². The second-order valence-corrected chi connectivity index (χ2v) is 7.81. The van der Waals surface area contributed by atoms with Crippen LogP contribution in [0.15, 0.2) is 12.1 Å². The van der Waals surface area contributed by atoms with Crippen LogP contribution in [0.25, 0.3) is 0 Å². The van der Waals surface area contributed by atoms with Gasteiger partial charge in [-0.05, 0) is 31.9 Å². The summed E-state index contributed by atoms with van der Waals surface area (Å²) in [5.41, 5.74) is 3.16. The highest BCUT2D eigenvalue weighted by Crippen LogP contribution is 2.33. The number of hydrogen-bond donors (Lipinski definition) is 0. The first-order valence-electron chi connectivity index (χ1n) is 9.78. The molecule has 2 saturated heterocycles. The van der Waals surface area contributed by atoms with Crippen LogP contribution in [0.5, 0.6) is 0 Å². The molecule has 0 radical (unpaired) electrons. The number of amides is 2. The number of pyridine rings is 1. The Morgan fingerprint density at radius 1 is 1.15 bits per heavy atom. The van der Waals surface area contributed by atoms with Crippen LogP contribution in [0.2, 0.25) is 0 Å². The van der Waals surface area contributed by atoms with E-state index in [-0.39, 0.29) is 17.9 Å². The molecule has 0 unspecified atom stereocenters. The van der Waals surface area contributed by atoms with Crippen molar-refractivity contribution in [2.24, 2.45) is 0 Å². The Morgan fingerprint density at radius 2 is 1.85 bits per heavy atom. The zero-order valence-corrected chi connectivity index (χ0v) is 16.9. The van der Waals surface area contributed by atoms with Gasteiger partial charge in [-0.3, -0.25) is 19.5 Å². The average Bonchev–Trinajstić information content (AvgIpc) is 3.12. The molecule has 0 saturated carbocycles. The highest BCUT2D eigenvalue weighted by molar-refractivity contribution is 5.77. The summed E-state index contributed by atoms with van der Waals surface area (Å²) in [4.78, 5) is 36.7. The summed E-state index contributed by atoms with van der Waals surface area (Å²) in [6.45, 7) is 8.50. The van der Waals surface area contributed by atoms with Crippen molar-refractivity contribution in [3.05, 3.63) is 23.5 Å². The summed E-state index contributed by atoms with van der Waals surface area (Å²) >= 11 is 0. The van der Waals surface area contributed by atoms with Gasteiger partial charge in [-0.15, -0.1) is 0 Å². The molecule has 0 aromatic carbocycles. The van der Waals surface area contributed by atoms with Crippen molar-refractivity contribution in [1.29, 1.82) is 0 Å². The highest BCUT2D eigenvalue weighted by Gasteiger charge is 2.30. The van der Waals surface area contributed by atoms with Gasteiger partial charge in [0.05, 0.1) is 18.3 Å². The molecule has 7 nitrogen and oxygen atoms in total. The molecule has 148 valence electrons. The number of aromatic nitrogens is 1. The Kier molecular flexibility index (Phi) is 5.99. The third-order valence-corrected chi connectivity index (χ3v) is 5.55. The molecular formula is C20H31N5O2. The summed E-state index contributed by atoms with van der Waals surface area (Å²) in [5.74, 6) is 0.276. The summed E-state index contributed by atoms with van der Waals surface area (Å²) < 4.78 is 0. The van der Waals surface area contributed by atoms with Gasteiger partial charge >= 0.3 is 0 Å². The van der Waals surface area contributed by atoms with Gasteiger partial charge in [0, 0.05) is 65.1 Å². The molecule has 2 fully saturated rings. The first kappa shape index (κ1) is 19.6. The third kappa shape index (κ3) is 4.58. The molecule has 27 heavy (non-hydrogen) atoms.